The van der Waals surface area contributed by atoms with Crippen molar-refractivity contribution in [1.82, 2.24) is 5.09 Å². The van der Waals surface area contributed by atoms with Crippen LogP contribution in [0.25, 0.3) is 0 Å². The number of carbonyl (C=O) groups excluding carboxylic acids is 1. The van der Waals surface area contributed by atoms with Gasteiger partial charge < -0.3 is 4.74 Å². The zero-order valence-corrected chi connectivity index (χ0v) is 6.43. The van der Waals surface area contributed by atoms with Crippen LogP contribution in [0.15, 0.2) is 0 Å². The number of nitrogens with two attached hydrogens (primary N) is 2. The van der Waals surface area contributed by atoms with Crippen LogP contribution in [-0.2, 0) is 9.30 Å². The highest BCUT2D eigenvalue weighted by molar-refractivity contribution is 7.57. The number of hydrogen-bond acceptors (Lipinski definition) is 3. The molecule has 7 heteroatoms. The second kappa shape index (κ2) is 3.55. The highest BCUT2D eigenvalue weighted by atomic mass is 31.2. The minimum Gasteiger partial charge on any atom is -0.450 e. The Bertz CT molecular complexity index is 164. The van der Waals surface area contributed by atoms with Gasteiger partial charge in [0.2, 0.25) is 0 Å². The van der Waals surface area contributed by atoms with Gasteiger partial charge in [0.15, 0.2) is 0 Å². The molecule has 60 valence electrons. The van der Waals surface area contributed by atoms with Crippen molar-refractivity contribution in [3.63, 3.8) is 0 Å². The number of ether oxygens (including phenoxy) is 1. The molecule has 0 saturated carbocycles. The predicted molar refractivity (Wildman–Crippen MR) is 36.1 cm³/mol. The van der Waals surface area contributed by atoms with Gasteiger partial charge in [-0.25, -0.2) is 9.88 Å². The third-order valence-electron chi connectivity index (χ3n) is 0.541. The quantitative estimate of drug-likeness (QED) is 0.492. The molecular weight excluding hydrogens is 157 g/mol. The molecule has 0 aliphatic heterocycles. The van der Waals surface area contributed by atoms with Crippen LogP contribution in [0, 0.1) is 0 Å². The fourth-order valence-electron chi connectivity index (χ4n) is 0.306. The van der Waals surface area contributed by atoms with E-state index >= 15 is 0 Å². The van der Waals surface area contributed by atoms with E-state index in [2.05, 4.69) is 4.74 Å². The Morgan fingerprint density at radius 3 is 2.50 bits per heavy atom. The highest BCUT2D eigenvalue weighted by Crippen LogP contribution is 2.16. The largest absolute Gasteiger partial charge is 0.450 e. The van der Waals surface area contributed by atoms with E-state index in [0.29, 0.717) is 0 Å². The van der Waals surface area contributed by atoms with Gasteiger partial charge in [0, 0.05) is 0 Å². The first kappa shape index (κ1) is 9.42. The maximum atomic E-state index is 10.4. The van der Waals surface area contributed by atoms with Crippen LogP contribution in [0.2, 0.25) is 0 Å². The van der Waals surface area contributed by atoms with Gasteiger partial charge >= 0.3 is 13.7 Å². The second-order valence-electron chi connectivity index (χ2n) is 1.54. The lowest BCUT2D eigenvalue weighted by atomic mass is 10.9. The van der Waals surface area contributed by atoms with Crippen LogP contribution in [-0.4, -0.2) is 12.7 Å². The SMILES string of the molecule is CCOC(=O)NP(N)(N)=O. The molecule has 0 atom stereocenters. The molecule has 10 heavy (non-hydrogen) atoms. The van der Waals surface area contributed by atoms with Crippen LogP contribution in [0.3, 0.4) is 0 Å². The Kier molecular flexibility index (Phi) is 3.35. The number of rotatable bonds is 2. The van der Waals surface area contributed by atoms with E-state index in [1.165, 1.54) is 0 Å². The summed E-state index contributed by atoms with van der Waals surface area (Å²) in [5.41, 5.74) is 9.58. The summed E-state index contributed by atoms with van der Waals surface area (Å²) < 4.78 is 14.8. The van der Waals surface area contributed by atoms with E-state index in [1.807, 2.05) is 0 Å². The van der Waals surface area contributed by atoms with Gasteiger partial charge in [0.1, 0.15) is 0 Å². The minimum atomic E-state index is -3.48. The lowest BCUT2D eigenvalue weighted by molar-refractivity contribution is 0.158. The molecule has 0 bridgehead atoms. The Hall–Kier alpha value is -0.580. The maximum absolute atomic E-state index is 10.4. The number of hydrogen-bond donors (Lipinski definition) is 3. The van der Waals surface area contributed by atoms with Crippen LogP contribution in [0.5, 0.6) is 0 Å². The summed E-state index contributed by atoms with van der Waals surface area (Å²) in [6, 6.07) is 0. The van der Waals surface area contributed by atoms with Crippen molar-refractivity contribution < 1.29 is 14.1 Å². The van der Waals surface area contributed by atoms with Gasteiger partial charge in [-0.1, -0.05) is 0 Å². The third kappa shape index (κ3) is 5.55. The van der Waals surface area contributed by atoms with Gasteiger partial charge in [-0.05, 0) is 6.92 Å². The molecule has 0 spiro atoms. The molecule has 0 radical (unpaired) electrons. The van der Waals surface area contributed by atoms with Gasteiger partial charge in [0.05, 0.1) is 6.61 Å². The van der Waals surface area contributed by atoms with Crippen molar-refractivity contribution in [3.05, 3.63) is 0 Å². The summed E-state index contributed by atoms with van der Waals surface area (Å²) in [7, 11) is -3.48. The molecule has 0 saturated heterocycles. The molecule has 0 aromatic heterocycles. The van der Waals surface area contributed by atoms with Crippen molar-refractivity contribution in [2.75, 3.05) is 6.61 Å². The van der Waals surface area contributed by atoms with Crippen molar-refractivity contribution in [2.45, 2.75) is 6.92 Å². The minimum absolute atomic E-state index is 0.186. The summed E-state index contributed by atoms with van der Waals surface area (Å²) in [5.74, 6) is 0. The summed E-state index contributed by atoms with van der Waals surface area (Å²) in [6.07, 6.45) is -0.865. The second-order valence-corrected chi connectivity index (χ2v) is 3.18. The molecule has 1 amide bonds. The van der Waals surface area contributed by atoms with Crippen LogP contribution in [0.4, 0.5) is 4.79 Å². The molecule has 6 nitrogen and oxygen atoms in total. The molecule has 0 fully saturated rings. The first-order valence-corrected chi connectivity index (χ1v) is 4.42. The van der Waals surface area contributed by atoms with Gasteiger partial charge in [-0.2, -0.15) is 0 Å². The van der Waals surface area contributed by atoms with Gasteiger partial charge in [-0.3, -0.25) is 15.6 Å². The van der Waals surface area contributed by atoms with E-state index in [4.69, 9.17) is 11.0 Å². The fourth-order valence-corrected chi connectivity index (χ4v) is 0.656. The normalized spacial score (nSPS) is 10.7. The Morgan fingerprint density at radius 1 is 1.70 bits per heavy atom. The smallest absolute Gasteiger partial charge is 0.414 e. The topological polar surface area (TPSA) is 107 Å². The van der Waals surface area contributed by atoms with Gasteiger partial charge in [0.25, 0.3) is 0 Å². The van der Waals surface area contributed by atoms with Crippen LogP contribution >= 0.6 is 7.59 Å². The highest BCUT2D eigenvalue weighted by Gasteiger charge is 2.12. The molecule has 5 N–H and O–H groups in total. The summed E-state index contributed by atoms with van der Waals surface area (Å²) in [5, 5.41) is 1.77. The van der Waals surface area contributed by atoms with Crippen molar-refractivity contribution in [2.24, 2.45) is 11.0 Å². The van der Waals surface area contributed by atoms with E-state index < -0.39 is 13.7 Å². The zero-order chi connectivity index (χ0) is 8.20. The average Bonchev–Trinajstić information content (AvgIpc) is 1.59. The summed E-state index contributed by atoms with van der Waals surface area (Å²) in [4.78, 5) is 10.4. The standard InChI is InChI=1S/C3H10N3O3P/c1-2-9-3(7)6-10(4,5)8/h2H2,1H3,(H5,4,5,6,7,8). The van der Waals surface area contributed by atoms with E-state index in [0.717, 1.165) is 0 Å². The lowest BCUT2D eigenvalue weighted by Gasteiger charge is -2.07. The first-order valence-electron chi connectivity index (χ1n) is 2.58. The maximum Gasteiger partial charge on any atom is 0.414 e. The number of nitrogens with one attached hydrogen (secondary N) is 1. The van der Waals surface area contributed by atoms with Crippen LogP contribution < -0.4 is 16.1 Å². The van der Waals surface area contributed by atoms with Crippen molar-refractivity contribution in [1.29, 1.82) is 0 Å². The van der Waals surface area contributed by atoms with E-state index in [-0.39, 0.29) is 6.61 Å². The predicted octanol–water partition coefficient (Wildman–Crippen LogP) is -0.242. The average molecular weight is 167 g/mol. The Balaban J connectivity index is 3.70. The number of carbonyl (C=O) groups is 1. The molecule has 0 aromatic rings. The summed E-state index contributed by atoms with van der Waals surface area (Å²) in [6.45, 7) is 1.80. The molecule has 0 heterocycles. The molecule has 0 aromatic carbocycles. The Labute approximate surface area is 58.4 Å². The lowest BCUT2D eigenvalue weighted by Crippen LogP contribution is -2.28. The van der Waals surface area contributed by atoms with E-state index in [1.54, 1.807) is 12.0 Å². The summed E-state index contributed by atoms with van der Waals surface area (Å²) >= 11 is 0. The fraction of sp³-hybridized carbons (Fsp3) is 0.667. The zero-order valence-electron chi connectivity index (χ0n) is 5.53. The number of amides is 1. The van der Waals surface area contributed by atoms with E-state index in [9.17, 15) is 9.36 Å². The van der Waals surface area contributed by atoms with Crippen molar-refractivity contribution in [3.8, 4) is 0 Å². The molecule has 0 unspecified atom stereocenters. The van der Waals surface area contributed by atoms with Crippen LogP contribution in [0.1, 0.15) is 6.92 Å². The molecule has 0 aliphatic carbocycles. The molecular formula is C3H10N3O3P. The van der Waals surface area contributed by atoms with Crippen molar-refractivity contribution >= 4 is 13.7 Å². The van der Waals surface area contributed by atoms with Gasteiger partial charge in [-0.15, -0.1) is 0 Å². The monoisotopic (exact) mass is 167 g/mol. The molecule has 0 aliphatic rings. The first-order chi connectivity index (χ1) is 4.45. The third-order valence-corrected chi connectivity index (χ3v) is 1.07. The Morgan fingerprint density at radius 2 is 2.20 bits per heavy atom. The molecule has 0 rings (SSSR count).